The second kappa shape index (κ2) is 9.12. The van der Waals surface area contributed by atoms with Crippen LogP contribution in [-0.4, -0.2) is 13.2 Å². The van der Waals surface area contributed by atoms with Crippen LogP contribution >= 0.6 is 0 Å². The van der Waals surface area contributed by atoms with E-state index in [1.54, 1.807) is 11.1 Å². The van der Waals surface area contributed by atoms with E-state index in [1.807, 2.05) is 12.2 Å². The topological polar surface area (TPSA) is 18.5 Å². The van der Waals surface area contributed by atoms with E-state index in [0.717, 1.165) is 37.2 Å². The Bertz CT molecular complexity index is 589. The van der Waals surface area contributed by atoms with Crippen molar-refractivity contribution < 1.29 is 9.47 Å². The van der Waals surface area contributed by atoms with Crippen LogP contribution in [0.4, 0.5) is 0 Å². The van der Waals surface area contributed by atoms with Gasteiger partial charge in [0.2, 0.25) is 0 Å². The maximum atomic E-state index is 5.75. The first-order valence-electron chi connectivity index (χ1n) is 10.1. The first-order valence-corrected chi connectivity index (χ1v) is 10.1. The fraction of sp³-hybridized carbons (Fsp3) is 0.500. The Labute approximate surface area is 158 Å². The molecular weight excluding hydrogens is 320 g/mol. The van der Waals surface area contributed by atoms with Gasteiger partial charge in [-0.05, 0) is 37.8 Å². The lowest BCUT2D eigenvalue weighted by Crippen LogP contribution is -2.30. The average Bonchev–Trinajstić information content (AvgIpc) is 2.72. The molecule has 0 unspecified atom stereocenters. The molecule has 0 amide bonds. The minimum absolute atomic E-state index is 0.263. The molecule has 0 aromatic rings. The van der Waals surface area contributed by atoms with Crippen molar-refractivity contribution in [3.8, 4) is 0 Å². The maximum absolute atomic E-state index is 5.75. The minimum atomic E-state index is 0.263. The van der Waals surface area contributed by atoms with E-state index in [1.165, 1.54) is 32.1 Å². The number of rotatable bonds is 8. The molecule has 0 aromatic carbocycles. The monoisotopic (exact) mass is 352 g/mol. The number of hydrogen-bond acceptors (Lipinski definition) is 2. The first kappa shape index (κ1) is 18.8. The van der Waals surface area contributed by atoms with Crippen LogP contribution < -0.4 is 0 Å². The fourth-order valence-corrected chi connectivity index (χ4v) is 4.61. The molecule has 0 radical (unpaired) electrons. The molecule has 0 spiro atoms. The second-order valence-electron chi connectivity index (χ2n) is 7.49. The van der Waals surface area contributed by atoms with Gasteiger partial charge >= 0.3 is 0 Å². The highest BCUT2D eigenvalue weighted by Gasteiger charge is 2.39. The molecule has 0 atom stereocenters. The largest absolute Gasteiger partial charge is 0.494 e. The molecule has 2 heteroatoms. The normalized spacial score (nSPS) is 22.3. The van der Waals surface area contributed by atoms with Gasteiger partial charge in [-0.1, -0.05) is 67.9 Å². The van der Waals surface area contributed by atoms with Crippen molar-refractivity contribution in [1.82, 2.24) is 0 Å². The summed E-state index contributed by atoms with van der Waals surface area (Å²) in [5.41, 5.74) is 3.48. The fourth-order valence-electron chi connectivity index (χ4n) is 4.61. The Hall–Kier alpha value is -1.96. The van der Waals surface area contributed by atoms with Gasteiger partial charge in [-0.15, -0.1) is 0 Å². The summed E-state index contributed by atoms with van der Waals surface area (Å²) >= 11 is 0. The van der Waals surface area contributed by atoms with Crippen LogP contribution in [0.25, 0.3) is 0 Å². The van der Waals surface area contributed by atoms with Gasteiger partial charge in [-0.3, -0.25) is 0 Å². The summed E-state index contributed by atoms with van der Waals surface area (Å²) in [4.78, 5) is 0. The summed E-state index contributed by atoms with van der Waals surface area (Å²) in [6, 6.07) is 0. The highest BCUT2D eigenvalue weighted by molar-refractivity contribution is 5.39. The van der Waals surface area contributed by atoms with Crippen LogP contribution in [0.15, 0.2) is 72.3 Å². The average molecular weight is 353 g/mol. The molecular formula is C24H32O2. The van der Waals surface area contributed by atoms with E-state index in [-0.39, 0.29) is 5.41 Å². The second-order valence-corrected chi connectivity index (χ2v) is 7.49. The van der Waals surface area contributed by atoms with Crippen molar-refractivity contribution in [2.45, 2.75) is 57.8 Å². The van der Waals surface area contributed by atoms with Crippen LogP contribution in [0, 0.1) is 5.41 Å². The summed E-state index contributed by atoms with van der Waals surface area (Å²) in [6.07, 6.45) is 23.6. The summed E-state index contributed by atoms with van der Waals surface area (Å²) in [6.45, 7) is 8.67. The lowest BCUT2D eigenvalue weighted by atomic mass is 9.61. The lowest BCUT2D eigenvalue weighted by molar-refractivity contribution is 0.220. The summed E-state index contributed by atoms with van der Waals surface area (Å²) in [7, 11) is 0. The SMILES string of the molecule is C=CCOC1=CC=C(C2(C3=CC=C(OCC=C)CC3)CCCCC2)CC1. The summed E-state index contributed by atoms with van der Waals surface area (Å²) < 4.78 is 11.5. The number of hydrogen-bond donors (Lipinski definition) is 0. The molecule has 1 fully saturated rings. The first-order chi connectivity index (χ1) is 12.8. The molecule has 3 aliphatic rings. The van der Waals surface area contributed by atoms with Crippen LogP contribution in [0.2, 0.25) is 0 Å². The zero-order valence-electron chi connectivity index (χ0n) is 16.0. The molecule has 2 nitrogen and oxygen atoms in total. The molecule has 3 aliphatic carbocycles. The van der Waals surface area contributed by atoms with Gasteiger partial charge in [0.15, 0.2) is 0 Å². The Morgan fingerprint density at radius 1 is 0.731 bits per heavy atom. The zero-order valence-corrected chi connectivity index (χ0v) is 16.0. The highest BCUT2D eigenvalue weighted by Crippen LogP contribution is 2.52. The summed E-state index contributed by atoms with van der Waals surface area (Å²) in [5, 5.41) is 0. The van der Waals surface area contributed by atoms with Crippen LogP contribution in [0.1, 0.15) is 57.8 Å². The van der Waals surface area contributed by atoms with Crippen molar-refractivity contribution >= 4 is 0 Å². The zero-order chi connectivity index (χ0) is 18.2. The van der Waals surface area contributed by atoms with E-state index < -0.39 is 0 Å². The molecule has 0 aliphatic heterocycles. The van der Waals surface area contributed by atoms with Crippen molar-refractivity contribution in [3.63, 3.8) is 0 Å². The van der Waals surface area contributed by atoms with Gasteiger partial charge < -0.3 is 9.47 Å². The van der Waals surface area contributed by atoms with Crippen LogP contribution in [0.3, 0.4) is 0 Å². The van der Waals surface area contributed by atoms with Gasteiger partial charge in [-0.25, -0.2) is 0 Å². The molecule has 0 N–H and O–H groups in total. The van der Waals surface area contributed by atoms with E-state index in [9.17, 15) is 0 Å². The van der Waals surface area contributed by atoms with Crippen molar-refractivity contribution in [2.24, 2.45) is 5.41 Å². The maximum Gasteiger partial charge on any atom is 0.106 e. The third-order valence-electron chi connectivity index (χ3n) is 5.93. The lowest BCUT2D eigenvalue weighted by Gasteiger charge is -2.43. The molecule has 3 rings (SSSR count). The Morgan fingerprint density at radius 3 is 1.62 bits per heavy atom. The van der Waals surface area contributed by atoms with Crippen LogP contribution in [0.5, 0.6) is 0 Å². The smallest absolute Gasteiger partial charge is 0.106 e. The molecule has 0 heterocycles. The Kier molecular flexibility index (Phi) is 6.60. The predicted molar refractivity (Wildman–Crippen MR) is 109 cm³/mol. The van der Waals surface area contributed by atoms with Crippen molar-refractivity contribution in [2.75, 3.05) is 13.2 Å². The molecule has 1 saturated carbocycles. The van der Waals surface area contributed by atoms with Gasteiger partial charge in [0.25, 0.3) is 0 Å². The molecule has 0 aromatic heterocycles. The van der Waals surface area contributed by atoms with E-state index in [2.05, 4.69) is 37.5 Å². The predicted octanol–water partition coefficient (Wildman–Crippen LogP) is 6.55. The van der Waals surface area contributed by atoms with Gasteiger partial charge in [0, 0.05) is 18.3 Å². The van der Waals surface area contributed by atoms with Gasteiger partial charge in [0.1, 0.15) is 13.2 Å². The third kappa shape index (κ3) is 4.23. The third-order valence-corrected chi connectivity index (χ3v) is 5.93. The van der Waals surface area contributed by atoms with Crippen molar-refractivity contribution in [3.05, 3.63) is 72.3 Å². The molecule has 0 saturated heterocycles. The van der Waals surface area contributed by atoms with Crippen molar-refractivity contribution in [1.29, 1.82) is 0 Å². The highest BCUT2D eigenvalue weighted by atomic mass is 16.5. The van der Waals surface area contributed by atoms with Crippen LogP contribution in [-0.2, 0) is 9.47 Å². The Balaban J connectivity index is 1.82. The standard InChI is InChI=1S/C24H32O2/c1-3-18-25-22-12-8-20(9-13-22)24(16-6-5-7-17-24)21-10-14-23(15-11-21)26-19-4-2/h3-4,8,10,12,14H,1-2,5-7,9,11,13,15-19H2. The summed E-state index contributed by atoms with van der Waals surface area (Å²) in [5.74, 6) is 2.19. The van der Waals surface area contributed by atoms with Gasteiger partial charge in [-0.2, -0.15) is 0 Å². The molecule has 140 valence electrons. The van der Waals surface area contributed by atoms with E-state index in [4.69, 9.17) is 9.47 Å². The van der Waals surface area contributed by atoms with E-state index >= 15 is 0 Å². The quantitative estimate of drug-likeness (QED) is 0.461. The Morgan fingerprint density at radius 2 is 1.23 bits per heavy atom. The van der Waals surface area contributed by atoms with Gasteiger partial charge in [0.05, 0.1) is 11.5 Å². The minimum Gasteiger partial charge on any atom is -0.494 e. The number of allylic oxidation sites excluding steroid dienone is 8. The van der Waals surface area contributed by atoms with E-state index in [0.29, 0.717) is 13.2 Å². The molecule has 0 bridgehead atoms. The number of ether oxygens (including phenoxy) is 2. The molecule has 26 heavy (non-hydrogen) atoms.